The molecule has 0 aromatic carbocycles. The molecule has 9 heteroatoms. The number of hydrogen-bond acceptors (Lipinski definition) is 5. The normalized spacial score (nSPS) is 11.5. The Bertz CT molecular complexity index is 619. The molecule has 0 spiro atoms. The zero-order chi connectivity index (χ0) is 15.5. The maximum absolute atomic E-state index is 12.4. The molecule has 2 aromatic rings. The van der Waals surface area contributed by atoms with Crippen LogP contribution in [0, 0.1) is 0 Å². The first-order valence-electron chi connectivity index (χ1n) is 5.68. The minimum absolute atomic E-state index is 0.368. The smallest absolute Gasteiger partial charge is 0.308 e. The van der Waals surface area contributed by atoms with Gasteiger partial charge in [0.2, 0.25) is 0 Å². The lowest BCUT2D eigenvalue weighted by atomic mass is 10.3. The maximum atomic E-state index is 12.4. The topological polar surface area (TPSA) is 63.8 Å². The molecule has 21 heavy (non-hydrogen) atoms. The Morgan fingerprint density at radius 2 is 2.00 bits per heavy atom. The second-order valence-corrected chi connectivity index (χ2v) is 5.34. The number of hydrogen-bond donors (Lipinski definition) is 2. The summed E-state index contributed by atoms with van der Waals surface area (Å²) < 4.78 is 37.2. The summed E-state index contributed by atoms with van der Waals surface area (Å²) in [6.45, 7) is 0. The molecule has 0 aliphatic rings. The van der Waals surface area contributed by atoms with E-state index in [9.17, 15) is 13.2 Å². The van der Waals surface area contributed by atoms with Gasteiger partial charge in [-0.05, 0) is 24.3 Å². The molecule has 0 aliphatic heterocycles. The molecular formula is C12H10ClF3N4S. The number of pyridine rings is 2. The van der Waals surface area contributed by atoms with E-state index in [1.807, 2.05) is 0 Å². The van der Waals surface area contributed by atoms with Gasteiger partial charge in [0.25, 0.3) is 0 Å². The van der Waals surface area contributed by atoms with E-state index in [2.05, 4.69) is 15.4 Å². The predicted molar refractivity (Wildman–Crippen MR) is 75.9 cm³/mol. The molecule has 2 aromatic heterocycles. The molecule has 0 amide bonds. The van der Waals surface area contributed by atoms with Crippen LogP contribution in [0.1, 0.15) is 11.3 Å². The van der Waals surface area contributed by atoms with Gasteiger partial charge in [-0.1, -0.05) is 23.4 Å². The minimum Gasteiger partial charge on any atom is -0.308 e. The molecule has 4 nitrogen and oxygen atoms in total. The molecule has 2 rings (SSSR count). The van der Waals surface area contributed by atoms with Crippen molar-refractivity contribution in [1.29, 1.82) is 0 Å². The van der Waals surface area contributed by atoms with E-state index in [4.69, 9.17) is 17.4 Å². The second-order valence-electron chi connectivity index (χ2n) is 3.94. The molecule has 0 atom stereocenters. The zero-order valence-electron chi connectivity index (χ0n) is 10.5. The van der Waals surface area contributed by atoms with E-state index in [1.165, 1.54) is 17.8 Å². The predicted octanol–water partition coefficient (Wildman–Crippen LogP) is 3.73. The fraction of sp³-hybridized carbons (Fsp3) is 0.167. The third kappa shape index (κ3) is 4.23. The van der Waals surface area contributed by atoms with Crippen LogP contribution < -0.4 is 11.3 Å². The molecule has 0 saturated carbocycles. The number of nitrogens with zero attached hydrogens (tertiary/aromatic N) is 2. The van der Waals surface area contributed by atoms with Crippen molar-refractivity contribution < 1.29 is 13.2 Å². The number of thioether (sulfide) groups is 1. The van der Waals surface area contributed by atoms with Gasteiger partial charge >= 0.3 is 6.18 Å². The van der Waals surface area contributed by atoms with E-state index in [0.29, 0.717) is 27.3 Å². The van der Waals surface area contributed by atoms with Crippen molar-refractivity contribution >= 4 is 29.2 Å². The Kier molecular flexibility index (Phi) is 4.92. The Hall–Kier alpha value is -1.51. The number of halogens is 4. The number of nitrogens with one attached hydrogen (secondary N) is 1. The van der Waals surface area contributed by atoms with Crippen LogP contribution >= 0.6 is 23.4 Å². The van der Waals surface area contributed by atoms with Crippen molar-refractivity contribution in [1.82, 2.24) is 9.97 Å². The number of hydrazine groups is 1. The molecule has 0 unspecified atom stereocenters. The van der Waals surface area contributed by atoms with Crippen molar-refractivity contribution in [3.63, 3.8) is 0 Å². The number of nitrogens with two attached hydrogens (primary N) is 1. The largest absolute Gasteiger partial charge is 0.417 e. The number of anilines is 1. The summed E-state index contributed by atoms with van der Waals surface area (Å²) in [5.41, 5.74) is 2.19. The van der Waals surface area contributed by atoms with E-state index >= 15 is 0 Å². The van der Waals surface area contributed by atoms with Gasteiger partial charge in [-0.15, -0.1) is 0 Å². The Balaban J connectivity index is 2.06. The van der Waals surface area contributed by atoms with Crippen molar-refractivity contribution in [2.45, 2.75) is 17.0 Å². The SMILES string of the molecule is NNc1ccc(Cl)c(CSc2ccc(C(F)(F)F)cn2)n1. The Morgan fingerprint density at radius 3 is 2.57 bits per heavy atom. The standard InChI is InChI=1S/C12H10ClF3N4S/c13-8-2-3-10(20-17)19-9(8)6-21-11-4-1-7(5-18-11)12(14,15)16/h1-5H,6,17H2,(H,19,20). The van der Waals surface area contributed by atoms with Crippen molar-refractivity contribution in [2.75, 3.05) is 5.43 Å². The zero-order valence-corrected chi connectivity index (χ0v) is 12.1. The molecule has 0 aliphatic carbocycles. The van der Waals surface area contributed by atoms with Gasteiger partial charge in [-0.25, -0.2) is 15.8 Å². The van der Waals surface area contributed by atoms with Crippen molar-refractivity contribution in [2.24, 2.45) is 5.84 Å². The third-order valence-corrected chi connectivity index (χ3v) is 3.79. The van der Waals surface area contributed by atoms with E-state index < -0.39 is 11.7 Å². The van der Waals surface area contributed by atoms with Gasteiger partial charge in [-0.2, -0.15) is 13.2 Å². The summed E-state index contributed by atoms with van der Waals surface area (Å²) in [6, 6.07) is 5.56. The molecule has 2 heterocycles. The van der Waals surface area contributed by atoms with Crippen LogP contribution in [-0.4, -0.2) is 9.97 Å². The first kappa shape index (κ1) is 15.9. The van der Waals surface area contributed by atoms with Crippen LogP contribution in [0.3, 0.4) is 0 Å². The first-order chi connectivity index (χ1) is 9.90. The van der Waals surface area contributed by atoms with Crippen LogP contribution in [0.15, 0.2) is 35.5 Å². The van der Waals surface area contributed by atoms with Crippen molar-refractivity contribution in [3.8, 4) is 0 Å². The summed E-state index contributed by atoms with van der Waals surface area (Å²) in [5.74, 6) is 6.07. The highest BCUT2D eigenvalue weighted by Crippen LogP contribution is 2.30. The van der Waals surface area contributed by atoms with E-state index in [0.717, 1.165) is 12.3 Å². The summed E-state index contributed by atoms with van der Waals surface area (Å²) in [7, 11) is 0. The molecule has 0 radical (unpaired) electrons. The Morgan fingerprint density at radius 1 is 1.24 bits per heavy atom. The molecule has 0 bridgehead atoms. The summed E-state index contributed by atoms with van der Waals surface area (Å²) >= 11 is 7.22. The highest BCUT2D eigenvalue weighted by atomic mass is 35.5. The van der Waals surface area contributed by atoms with E-state index in [1.54, 1.807) is 12.1 Å². The van der Waals surface area contributed by atoms with Crippen LogP contribution in [0.2, 0.25) is 5.02 Å². The van der Waals surface area contributed by atoms with Gasteiger partial charge < -0.3 is 5.43 Å². The fourth-order valence-electron chi connectivity index (χ4n) is 1.44. The highest BCUT2D eigenvalue weighted by molar-refractivity contribution is 7.98. The van der Waals surface area contributed by atoms with E-state index in [-0.39, 0.29) is 0 Å². The molecule has 112 valence electrons. The van der Waals surface area contributed by atoms with Gasteiger partial charge in [-0.3, -0.25) is 0 Å². The lowest BCUT2D eigenvalue weighted by Crippen LogP contribution is -2.09. The first-order valence-corrected chi connectivity index (χ1v) is 7.04. The molecular weight excluding hydrogens is 325 g/mol. The average Bonchev–Trinajstić information content (AvgIpc) is 2.46. The summed E-state index contributed by atoms with van der Waals surface area (Å²) in [4.78, 5) is 7.93. The lowest BCUT2D eigenvalue weighted by molar-refractivity contribution is -0.137. The third-order valence-electron chi connectivity index (χ3n) is 2.49. The van der Waals surface area contributed by atoms with Crippen LogP contribution in [0.25, 0.3) is 0 Å². The second kappa shape index (κ2) is 6.50. The van der Waals surface area contributed by atoms with Gasteiger partial charge in [0.1, 0.15) is 5.82 Å². The molecule has 0 saturated heterocycles. The summed E-state index contributed by atoms with van der Waals surface area (Å²) in [6.07, 6.45) is -3.59. The quantitative estimate of drug-likeness (QED) is 0.507. The average molecular weight is 335 g/mol. The lowest BCUT2D eigenvalue weighted by Gasteiger charge is -2.08. The van der Waals surface area contributed by atoms with Crippen LogP contribution in [0.4, 0.5) is 19.0 Å². The van der Waals surface area contributed by atoms with Crippen molar-refractivity contribution in [3.05, 3.63) is 46.7 Å². The number of aromatic nitrogens is 2. The fourth-order valence-corrected chi connectivity index (χ4v) is 2.49. The Labute approximate surface area is 127 Å². The number of nitrogen functional groups attached to an aromatic ring is 1. The maximum Gasteiger partial charge on any atom is 0.417 e. The minimum atomic E-state index is -4.39. The monoisotopic (exact) mass is 334 g/mol. The van der Waals surface area contributed by atoms with Gasteiger partial charge in [0.15, 0.2) is 0 Å². The van der Waals surface area contributed by atoms with Gasteiger partial charge in [0.05, 0.1) is 21.3 Å². The van der Waals surface area contributed by atoms with Gasteiger partial charge in [0, 0.05) is 11.9 Å². The number of alkyl halides is 3. The molecule has 3 N–H and O–H groups in total. The highest BCUT2D eigenvalue weighted by Gasteiger charge is 2.30. The molecule has 0 fully saturated rings. The van der Waals surface area contributed by atoms with Crippen LogP contribution in [0.5, 0.6) is 0 Å². The summed E-state index contributed by atoms with van der Waals surface area (Å²) in [5, 5.41) is 0.903. The van der Waals surface area contributed by atoms with Crippen LogP contribution in [-0.2, 0) is 11.9 Å². The number of rotatable bonds is 4.